The van der Waals surface area contributed by atoms with Gasteiger partial charge in [0.05, 0.1) is 12.2 Å². The van der Waals surface area contributed by atoms with Crippen LogP contribution in [0.5, 0.6) is 0 Å². The van der Waals surface area contributed by atoms with Crippen LogP contribution in [0.25, 0.3) is 0 Å². The maximum absolute atomic E-state index is 12.4. The lowest BCUT2D eigenvalue weighted by Gasteiger charge is -2.18. The van der Waals surface area contributed by atoms with E-state index in [4.69, 9.17) is 4.74 Å². The lowest BCUT2D eigenvalue weighted by Crippen LogP contribution is -2.24. The van der Waals surface area contributed by atoms with E-state index in [2.05, 4.69) is 12.2 Å². The Morgan fingerprint density at radius 3 is 2.28 bits per heavy atom. The number of alkyl halides is 3. The minimum Gasteiger partial charge on any atom is -0.383 e. The fourth-order valence-corrected chi connectivity index (χ4v) is 1.74. The first-order chi connectivity index (χ1) is 8.47. The van der Waals surface area contributed by atoms with Crippen LogP contribution in [0.2, 0.25) is 0 Å². The molecule has 0 spiro atoms. The van der Waals surface area contributed by atoms with E-state index < -0.39 is 11.7 Å². The van der Waals surface area contributed by atoms with E-state index in [1.807, 2.05) is 0 Å². The highest BCUT2D eigenvalue weighted by molar-refractivity contribution is 5.46. The molecule has 102 valence electrons. The molecule has 0 saturated heterocycles. The van der Waals surface area contributed by atoms with Crippen molar-refractivity contribution in [2.24, 2.45) is 0 Å². The van der Waals surface area contributed by atoms with Gasteiger partial charge in [-0.25, -0.2) is 0 Å². The van der Waals surface area contributed by atoms with Crippen molar-refractivity contribution in [3.8, 4) is 0 Å². The van der Waals surface area contributed by atoms with Crippen LogP contribution in [-0.2, 0) is 10.9 Å². The van der Waals surface area contributed by atoms with Gasteiger partial charge in [-0.1, -0.05) is 13.3 Å². The van der Waals surface area contributed by atoms with E-state index in [1.165, 1.54) is 12.1 Å². The van der Waals surface area contributed by atoms with Crippen molar-refractivity contribution in [2.45, 2.75) is 32.0 Å². The number of benzene rings is 1. The summed E-state index contributed by atoms with van der Waals surface area (Å²) in [6.07, 6.45) is -2.38. The number of hydrogen-bond donors (Lipinski definition) is 1. The van der Waals surface area contributed by atoms with Crippen LogP contribution >= 0.6 is 0 Å². The summed E-state index contributed by atoms with van der Waals surface area (Å²) in [7, 11) is 1.61. The number of halogens is 3. The first-order valence-corrected chi connectivity index (χ1v) is 5.90. The molecule has 1 unspecified atom stereocenters. The molecule has 0 bridgehead atoms. The van der Waals surface area contributed by atoms with Gasteiger partial charge in [0.1, 0.15) is 0 Å². The molecule has 1 N–H and O–H groups in total. The van der Waals surface area contributed by atoms with Gasteiger partial charge in [0.15, 0.2) is 0 Å². The van der Waals surface area contributed by atoms with Gasteiger partial charge >= 0.3 is 6.18 Å². The number of hydrogen-bond acceptors (Lipinski definition) is 2. The van der Waals surface area contributed by atoms with Crippen LogP contribution < -0.4 is 5.32 Å². The average Bonchev–Trinajstić information content (AvgIpc) is 2.29. The van der Waals surface area contributed by atoms with Crippen LogP contribution in [0.1, 0.15) is 25.3 Å². The largest absolute Gasteiger partial charge is 0.416 e. The molecule has 0 heterocycles. The Morgan fingerprint density at radius 2 is 1.83 bits per heavy atom. The van der Waals surface area contributed by atoms with Gasteiger partial charge in [-0.2, -0.15) is 13.2 Å². The first kappa shape index (κ1) is 14.8. The highest BCUT2D eigenvalue weighted by Crippen LogP contribution is 2.29. The molecule has 1 aromatic rings. The van der Waals surface area contributed by atoms with Crippen molar-refractivity contribution < 1.29 is 17.9 Å². The number of ether oxygens (including phenoxy) is 1. The second kappa shape index (κ2) is 6.64. The maximum Gasteiger partial charge on any atom is 0.416 e. The Labute approximate surface area is 105 Å². The molecule has 0 radical (unpaired) electrons. The van der Waals surface area contributed by atoms with Gasteiger partial charge in [0.25, 0.3) is 0 Å². The van der Waals surface area contributed by atoms with Crippen LogP contribution in [0.15, 0.2) is 24.3 Å². The molecule has 0 aliphatic heterocycles. The standard InChI is InChI=1S/C13H18F3NO/c1-3-4-12(9-18-2)17-11-7-5-10(6-8-11)13(14,15)16/h5-8,12,17H,3-4,9H2,1-2H3. The molecule has 18 heavy (non-hydrogen) atoms. The van der Waals surface area contributed by atoms with Crippen molar-refractivity contribution in [1.29, 1.82) is 0 Å². The zero-order chi connectivity index (χ0) is 13.6. The molecule has 0 aliphatic rings. The normalized spacial score (nSPS) is 13.4. The summed E-state index contributed by atoms with van der Waals surface area (Å²) in [5, 5.41) is 3.17. The van der Waals surface area contributed by atoms with Gasteiger partial charge < -0.3 is 10.1 Å². The topological polar surface area (TPSA) is 21.3 Å². The molecule has 0 aliphatic carbocycles. The second-order valence-corrected chi connectivity index (χ2v) is 4.16. The Bertz CT molecular complexity index is 342. The molecule has 0 fully saturated rings. The Balaban J connectivity index is 2.67. The molecule has 0 amide bonds. The van der Waals surface area contributed by atoms with E-state index in [-0.39, 0.29) is 6.04 Å². The third kappa shape index (κ3) is 4.56. The minimum atomic E-state index is -4.28. The van der Waals surface area contributed by atoms with Crippen molar-refractivity contribution in [2.75, 3.05) is 19.0 Å². The number of methoxy groups -OCH3 is 1. The molecule has 1 aromatic carbocycles. The summed E-state index contributed by atoms with van der Waals surface area (Å²) in [6, 6.07) is 5.18. The van der Waals surface area contributed by atoms with Crippen molar-refractivity contribution >= 4 is 5.69 Å². The summed E-state index contributed by atoms with van der Waals surface area (Å²) in [4.78, 5) is 0. The highest BCUT2D eigenvalue weighted by Gasteiger charge is 2.29. The quantitative estimate of drug-likeness (QED) is 0.837. The van der Waals surface area contributed by atoms with Gasteiger partial charge in [0, 0.05) is 18.8 Å². The molecule has 1 atom stereocenters. The predicted molar refractivity (Wildman–Crippen MR) is 65.6 cm³/mol. The molecule has 5 heteroatoms. The second-order valence-electron chi connectivity index (χ2n) is 4.16. The van der Waals surface area contributed by atoms with Gasteiger partial charge in [-0.15, -0.1) is 0 Å². The van der Waals surface area contributed by atoms with E-state index in [0.29, 0.717) is 12.3 Å². The minimum absolute atomic E-state index is 0.122. The van der Waals surface area contributed by atoms with Crippen molar-refractivity contribution in [3.05, 3.63) is 29.8 Å². The smallest absolute Gasteiger partial charge is 0.383 e. The van der Waals surface area contributed by atoms with Gasteiger partial charge in [-0.05, 0) is 30.7 Å². The number of anilines is 1. The zero-order valence-electron chi connectivity index (χ0n) is 10.6. The van der Waals surface area contributed by atoms with Crippen LogP contribution in [0, 0.1) is 0 Å². The molecule has 0 aromatic heterocycles. The summed E-state index contributed by atoms with van der Waals surface area (Å²) in [6.45, 7) is 2.59. The fourth-order valence-electron chi connectivity index (χ4n) is 1.74. The third-order valence-electron chi connectivity index (χ3n) is 2.59. The summed E-state index contributed by atoms with van der Waals surface area (Å²) >= 11 is 0. The van der Waals surface area contributed by atoms with Crippen LogP contribution in [0.3, 0.4) is 0 Å². The third-order valence-corrected chi connectivity index (χ3v) is 2.59. The van der Waals surface area contributed by atoms with Gasteiger partial charge in [-0.3, -0.25) is 0 Å². The Morgan fingerprint density at radius 1 is 1.22 bits per heavy atom. The number of rotatable bonds is 6. The molecule has 2 nitrogen and oxygen atoms in total. The number of nitrogens with one attached hydrogen (secondary N) is 1. The Hall–Kier alpha value is -1.23. The highest BCUT2D eigenvalue weighted by atomic mass is 19.4. The molecule has 1 rings (SSSR count). The Kier molecular flexibility index (Phi) is 5.47. The molecular weight excluding hydrogens is 243 g/mol. The lowest BCUT2D eigenvalue weighted by atomic mass is 10.1. The summed E-state index contributed by atoms with van der Waals surface area (Å²) in [5.74, 6) is 0. The van der Waals surface area contributed by atoms with Crippen molar-refractivity contribution in [3.63, 3.8) is 0 Å². The van der Waals surface area contributed by atoms with Crippen LogP contribution in [0.4, 0.5) is 18.9 Å². The fraction of sp³-hybridized carbons (Fsp3) is 0.538. The molecular formula is C13H18F3NO. The van der Waals surface area contributed by atoms with E-state index >= 15 is 0 Å². The van der Waals surface area contributed by atoms with E-state index in [1.54, 1.807) is 7.11 Å². The average molecular weight is 261 g/mol. The van der Waals surface area contributed by atoms with E-state index in [0.717, 1.165) is 25.0 Å². The van der Waals surface area contributed by atoms with Crippen LogP contribution in [-0.4, -0.2) is 19.8 Å². The van der Waals surface area contributed by atoms with Crippen molar-refractivity contribution in [1.82, 2.24) is 0 Å². The van der Waals surface area contributed by atoms with E-state index in [9.17, 15) is 13.2 Å². The lowest BCUT2D eigenvalue weighted by molar-refractivity contribution is -0.137. The summed E-state index contributed by atoms with van der Waals surface area (Å²) in [5.41, 5.74) is 0.0466. The van der Waals surface area contributed by atoms with Gasteiger partial charge in [0.2, 0.25) is 0 Å². The first-order valence-electron chi connectivity index (χ1n) is 5.90. The maximum atomic E-state index is 12.4. The zero-order valence-corrected chi connectivity index (χ0v) is 10.6. The monoisotopic (exact) mass is 261 g/mol. The SMILES string of the molecule is CCCC(COC)Nc1ccc(C(F)(F)F)cc1. The summed E-state index contributed by atoms with van der Waals surface area (Å²) < 4.78 is 42.2. The predicted octanol–water partition coefficient (Wildman–Crippen LogP) is 3.93. The molecule has 0 saturated carbocycles.